The lowest BCUT2D eigenvalue weighted by molar-refractivity contribution is 0.518. The fourth-order valence-corrected chi connectivity index (χ4v) is 2.26. The molecule has 3 atom stereocenters. The van der Waals surface area contributed by atoms with E-state index in [1.165, 1.54) is 19.3 Å². The van der Waals surface area contributed by atoms with Crippen LogP contribution in [0.1, 0.15) is 25.7 Å². The molecule has 0 spiro atoms. The van der Waals surface area contributed by atoms with Crippen molar-refractivity contribution < 1.29 is 0 Å². The zero-order valence-corrected chi connectivity index (χ0v) is 6.01. The van der Waals surface area contributed by atoms with Crippen LogP contribution in [0.25, 0.3) is 0 Å². The molecule has 10 heavy (non-hydrogen) atoms. The molecule has 0 radical (unpaired) electrons. The molecule has 0 aromatic carbocycles. The Hall–Kier alpha value is -0.550. The van der Waals surface area contributed by atoms with Crippen molar-refractivity contribution in [3.05, 3.63) is 0 Å². The molecular formula is C8H12N2. The van der Waals surface area contributed by atoms with Gasteiger partial charge in [0, 0.05) is 6.04 Å². The largest absolute Gasteiger partial charge is 0.299 e. The maximum Gasteiger partial charge on any atom is 0.0958 e. The Kier molecular flexibility index (Phi) is 1.39. The van der Waals surface area contributed by atoms with E-state index in [9.17, 15) is 0 Å². The third-order valence-electron chi connectivity index (χ3n) is 2.77. The van der Waals surface area contributed by atoms with Gasteiger partial charge in [-0.2, -0.15) is 5.26 Å². The zero-order chi connectivity index (χ0) is 6.97. The van der Waals surface area contributed by atoms with Crippen LogP contribution in [0.3, 0.4) is 0 Å². The standard InChI is InChI=1S/C8H12N2/c9-5-7-4-6-2-1-3-8(6)10-7/h6-8,10H,1-4H2/t6-,7-,8+/m1/s1. The minimum Gasteiger partial charge on any atom is -0.299 e. The molecule has 54 valence electrons. The van der Waals surface area contributed by atoms with Gasteiger partial charge in [-0.1, -0.05) is 6.42 Å². The van der Waals surface area contributed by atoms with E-state index in [-0.39, 0.29) is 6.04 Å². The normalized spacial score (nSPS) is 44.9. The van der Waals surface area contributed by atoms with Gasteiger partial charge in [0.25, 0.3) is 0 Å². The highest BCUT2D eigenvalue weighted by atomic mass is 15.0. The lowest BCUT2D eigenvalue weighted by Crippen LogP contribution is -2.27. The van der Waals surface area contributed by atoms with E-state index in [0.29, 0.717) is 6.04 Å². The summed E-state index contributed by atoms with van der Waals surface area (Å²) >= 11 is 0. The summed E-state index contributed by atoms with van der Waals surface area (Å²) in [6.45, 7) is 0. The summed E-state index contributed by atoms with van der Waals surface area (Å²) in [5, 5.41) is 12.0. The first-order valence-corrected chi connectivity index (χ1v) is 4.06. The van der Waals surface area contributed by atoms with Crippen LogP contribution in [0.2, 0.25) is 0 Å². The maximum atomic E-state index is 8.61. The fourth-order valence-electron chi connectivity index (χ4n) is 2.26. The second-order valence-corrected chi connectivity index (χ2v) is 3.38. The van der Waals surface area contributed by atoms with E-state index in [4.69, 9.17) is 5.26 Å². The van der Waals surface area contributed by atoms with E-state index in [1.807, 2.05) is 0 Å². The molecule has 1 N–H and O–H groups in total. The van der Waals surface area contributed by atoms with Gasteiger partial charge in [-0.25, -0.2) is 0 Å². The summed E-state index contributed by atoms with van der Waals surface area (Å²) in [6.07, 6.45) is 5.10. The van der Waals surface area contributed by atoms with E-state index in [1.54, 1.807) is 0 Å². The summed E-state index contributed by atoms with van der Waals surface area (Å²) in [5.41, 5.74) is 0. The second-order valence-electron chi connectivity index (χ2n) is 3.38. The third kappa shape index (κ3) is 0.819. The van der Waals surface area contributed by atoms with Gasteiger partial charge < -0.3 is 0 Å². The predicted molar refractivity (Wildman–Crippen MR) is 38.3 cm³/mol. The minimum absolute atomic E-state index is 0.162. The Labute approximate surface area is 61.2 Å². The van der Waals surface area contributed by atoms with Crippen LogP contribution in [0, 0.1) is 17.2 Å². The quantitative estimate of drug-likeness (QED) is 0.540. The number of nitriles is 1. The van der Waals surface area contributed by atoms with Crippen LogP contribution in [0.4, 0.5) is 0 Å². The van der Waals surface area contributed by atoms with Gasteiger partial charge in [0.2, 0.25) is 0 Å². The highest BCUT2D eigenvalue weighted by Gasteiger charge is 2.36. The molecule has 0 aromatic rings. The summed E-state index contributed by atoms with van der Waals surface area (Å²) in [5.74, 6) is 0.824. The molecule has 1 aliphatic carbocycles. The Balaban J connectivity index is 2.01. The van der Waals surface area contributed by atoms with E-state index < -0.39 is 0 Å². The van der Waals surface area contributed by atoms with Gasteiger partial charge in [0.1, 0.15) is 0 Å². The predicted octanol–water partition coefficient (Wildman–Crippen LogP) is 1.04. The number of rotatable bonds is 0. The highest BCUT2D eigenvalue weighted by Crippen LogP contribution is 2.34. The average Bonchev–Trinajstić information content (AvgIpc) is 2.42. The molecular weight excluding hydrogens is 124 g/mol. The summed E-state index contributed by atoms with van der Waals surface area (Å²) in [7, 11) is 0. The monoisotopic (exact) mass is 136 g/mol. The molecule has 1 aliphatic heterocycles. The van der Waals surface area contributed by atoms with Gasteiger partial charge in [0.05, 0.1) is 12.1 Å². The van der Waals surface area contributed by atoms with Crippen molar-refractivity contribution in [3.8, 4) is 6.07 Å². The number of fused-ring (bicyclic) bond motifs is 1. The van der Waals surface area contributed by atoms with Gasteiger partial charge in [0.15, 0.2) is 0 Å². The van der Waals surface area contributed by atoms with Crippen LogP contribution < -0.4 is 5.32 Å². The molecule has 0 amide bonds. The van der Waals surface area contributed by atoms with Gasteiger partial charge in [-0.05, 0) is 25.2 Å². The summed E-state index contributed by atoms with van der Waals surface area (Å²) in [6, 6.07) is 3.13. The number of nitrogens with one attached hydrogen (secondary N) is 1. The van der Waals surface area contributed by atoms with Crippen LogP contribution in [0.5, 0.6) is 0 Å². The molecule has 0 bridgehead atoms. The first-order chi connectivity index (χ1) is 4.90. The number of nitrogens with zero attached hydrogens (tertiary/aromatic N) is 1. The molecule has 2 fully saturated rings. The molecule has 1 saturated carbocycles. The molecule has 1 saturated heterocycles. The first kappa shape index (κ1) is 6.18. The molecule has 2 rings (SSSR count). The van der Waals surface area contributed by atoms with Crippen molar-refractivity contribution in [1.29, 1.82) is 5.26 Å². The molecule has 0 unspecified atom stereocenters. The van der Waals surface area contributed by atoms with E-state index >= 15 is 0 Å². The lowest BCUT2D eigenvalue weighted by atomic mass is 10.0. The Bertz CT molecular complexity index is 159. The van der Waals surface area contributed by atoms with Crippen molar-refractivity contribution in [3.63, 3.8) is 0 Å². The lowest BCUT2D eigenvalue weighted by Gasteiger charge is -2.05. The van der Waals surface area contributed by atoms with Crippen LogP contribution >= 0.6 is 0 Å². The van der Waals surface area contributed by atoms with Gasteiger partial charge >= 0.3 is 0 Å². The average molecular weight is 136 g/mol. The number of hydrogen-bond acceptors (Lipinski definition) is 2. The Morgan fingerprint density at radius 3 is 3.00 bits per heavy atom. The molecule has 2 aliphatic rings. The molecule has 0 aromatic heterocycles. The zero-order valence-electron chi connectivity index (χ0n) is 6.01. The van der Waals surface area contributed by atoms with Crippen molar-refractivity contribution in [2.75, 3.05) is 0 Å². The Morgan fingerprint density at radius 2 is 2.30 bits per heavy atom. The van der Waals surface area contributed by atoms with Crippen molar-refractivity contribution in [2.45, 2.75) is 37.8 Å². The van der Waals surface area contributed by atoms with Crippen LogP contribution in [-0.4, -0.2) is 12.1 Å². The van der Waals surface area contributed by atoms with Crippen molar-refractivity contribution in [1.82, 2.24) is 5.32 Å². The highest BCUT2D eigenvalue weighted by molar-refractivity contribution is 5.03. The van der Waals surface area contributed by atoms with E-state index in [0.717, 1.165) is 12.3 Å². The molecule has 1 heterocycles. The topological polar surface area (TPSA) is 35.8 Å². The van der Waals surface area contributed by atoms with E-state index in [2.05, 4.69) is 11.4 Å². The maximum absolute atomic E-state index is 8.61. The van der Waals surface area contributed by atoms with Crippen LogP contribution in [-0.2, 0) is 0 Å². The van der Waals surface area contributed by atoms with Crippen molar-refractivity contribution >= 4 is 0 Å². The molecule has 2 nitrogen and oxygen atoms in total. The summed E-state index contributed by atoms with van der Waals surface area (Å²) in [4.78, 5) is 0. The summed E-state index contributed by atoms with van der Waals surface area (Å²) < 4.78 is 0. The minimum atomic E-state index is 0.162. The smallest absolute Gasteiger partial charge is 0.0958 e. The van der Waals surface area contributed by atoms with Crippen molar-refractivity contribution in [2.24, 2.45) is 5.92 Å². The third-order valence-corrected chi connectivity index (χ3v) is 2.77. The number of hydrogen-bond donors (Lipinski definition) is 1. The van der Waals surface area contributed by atoms with Gasteiger partial charge in [-0.3, -0.25) is 5.32 Å². The van der Waals surface area contributed by atoms with Crippen LogP contribution in [0.15, 0.2) is 0 Å². The Morgan fingerprint density at radius 1 is 1.40 bits per heavy atom. The molecule has 2 heteroatoms. The second kappa shape index (κ2) is 2.25. The SMILES string of the molecule is N#C[C@H]1C[C@H]2CCC[C@@H]2N1. The first-order valence-electron chi connectivity index (χ1n) is 4.06. The fraction of sp³-hybridized carbons (Fsp3) is 0.875. The van der Waals surface area contributed by atoms with Gasteiger partial charge in [-0.15, -0.1) is 0 Å².